The molecule has 2 aromatic carbocycles. The van der Waals surface area contributed by atoms with Crippen LogP contribution in [-0.4, -0.2) is 22.4 Å². The van der Waals surface area contributed by atoms with Crippen molar-refractivity contribution >= 4 is 40.2 Å². The predicted octanol–water partition coefficient (Wildman–Crippen LogP) is 6.02. The Morgan fingerprint density at radius 1 is 1.20 bits per heavy atom. The molecule has 0 unspecified atom stereocenters. The van der Waals surface area contributed by atoms with E-state index in [0.717, 1.165) is 29.4 Å². The van der Waals surface area contributed by atoms with E-state index in [-0.39, 0.29) is 18.1 Å². The second-order valence-corrected chi connectivity index (χ2v) is 7.83. The number of para-hydroxylation sites is 1. The molecule has 0 bridgehead atoms. The van der Waals surface area contributed by atoms with Crippen molar-refractivity contribution in [2.45, 2.75) is 33.2 Å². The Kier molecular flexibility index (Phi) is 6.74. The van der Waals surface area contributed by atoms with E-state index in [1.54, 1.807) is 29.9 Å². The molecule has 158 valence electrons. The van der Waals surface area contributed by atoms with Crippen LogP contribution in [-0.2, 0) is 22.0 Å². The number of aromatic nitrogens is 2. The Morgan fingerprint density at radius 2 is 1.93 bits per heavy atom. The van der Waals surface area contributed by atoms with Gasteiger partial charge in [0, 0.05) is 29.8 Å². The summed E-state index contributed by atoms with van der Waals surface area (Å²) < 4.78 is 36.0. The number of ether oxygens (including phenoxy) is 1. The van der Waals surface area contributed by atoms with Gasteiger partial charge in [0.15, 0.2) is 0 Å². The molecule has 0 saturated heterocycles. The minimum Gasteiger partial charge on any atom is -0.465 e. The molecule has 0 N–H and O–H groups in total. The van der Waals surface area contributed by atoms with E-state index in [2.05, 4.69) is 28.0 Å². The van der Waals surface area contributed by atoms with Gasteiger partial charge < -0.3 is 4.74 Å². The van der Waals surface area contributed by atoms with E-state index < -0.39 is 5.92 Å². The number of esters is 1. The van der Waals surface area contributed by atoms with E-state index in [0.29, 0.717) is 12.3 Å². The molecule has 0 radical (unpaired) electrons. The molecule has 0 fully saturated rings. The van der Waals surface area contributed by atoms with Crippen molar-refractivity contribution in [2.24, 2.45) is 0 Å². The van der Waals surface area contributed by atoms with Crippen molar-refractivity contribution in [1.82, 2.24) is 9.78 Å². The van der Waals surface area contributed by atoms with Gasteiger partial charge in [-0.25, -0.2) is 8.78 Å². The molecule has 0 atom stereocenters. The average molecular weight is 525 g/mol. The quantitative estimate of drug-likeness (QED) is 0.215. The third-order valence-electron chi connectivity index (χ3n) is 4.53. The first-order valence-corrected chi connectivity index (χ1v) is 10.4. The lowest BCUT2D eigenvalue weighted by molar-refractivity contribution is -0.144. The second kappa shape index (κ2) is 9.11. The van der Waals surface area contributed by atoms with E-state index in [9.17, 15) is 13.6 Å². The van der Waals surface area contributed by atoms with E-state index in [1.165, 1.54) is 12.1 Å². The van der Waals surface area contributed by atoms with Crippen molar-refractivity contribution in [2.75, 3.05) is 9.72 Å². The Balaban J connectivity index is 1.98. The summed E-state index contributed by atoms with van der Waals surface area (Å²) in [7, 11) is 0. The van der Waals surface area contributed by atoms with Gasteiger partial charge in [-0.2, -0.15) is 5.10 Å². The first-order chi connectivity index (χ1) is 14.2. The molecule has 0 spiro atoms. The molecule has 30 heavy (non-hydrogen) atoms. The van der Waals surface area contributed by atoms with Gasteiger partial charge in [-0.15, -0.1) is 0 Å². The van der Waals surface area contributed by atoms with Crippen molar-refractivity contribution in [3.05, 3.63) is 66.0 Å². The van der Waals surface area contributed by atoms with Crippen LogP contribution in [0.15, 0.2) is 54.7 Å². The van der Waals surface area contributed by atoms with Crippen molar-refractivity contribution < 1.29 is 18.3 Å². The minimum atomic E-state index is -2.92. The maximum atomic E-state index is 13.8. The fourth-order valence-corrected chi connectivity index (χ4v) is 3.84. The molecule has 0 aliphatic heterocycles. The van der Waals surface area contributed by atoms with E-state index in [1.807, 2.05) is 34.3 Å². The highest BCUT2D eigenvalue weighted by Crippen LogP contribution is 2.40. The van der Waals surface area contributed by atoms with Gasteiger partial charge in [-0.1, -0.05) is 30.3 Å². The number of anilines is 2. The Bertz CT molecular complexity index is 1050. The summed E-state index contributed by atoms with van der Waals surface area (Å²) in [5, 5.41) is 4.42. The first kappa shape index (κ1) is 22.2. The fraction of sp³-hybridized carbons (Fsp3) is 0.273. The number of benzene rings is 2. The Hall–Kier alpha value is -2.49. The number of hydrogen-bond acceptors (Lipinski definition) is 4. The van der Waals surface area contributed by atoms with Crippen LogP contribution in [0.25, 0.3) is 11.1 Å². The van der Waals surface area contributed by atoms with Crippen LogP contribution in [0, 0.1) is 6.92 Å². The average Bonchev–Trinajstić information content (AvgIpc) is 3.06. The Labute approximate surface area is 188 Å². The van der Waals surface area contributed by atoms with Crippen LogP contribution in [0.3, 0.4) is 0 Å². The normalized spacial score (nSPS) is 11.4. The summed E-state index contributed by atoms with van der Waals surface area (Å²) >= 11 is 2.11. The molecule has 8 heteroatoms. The number of rotatable bonds is 7. The molecular formula is C22H22F2IN3O2. The predicted molar refractivity (Wildman–Crippen MR) is 121 cm³/mol. The summed E-state index contributed by atoms with van der Waals surface area (Å²) in [6.45, 7) is 4.85. The lowest BCUT2D eigenvalue weighted by atomic mass is 10.0. The number of carbonyl (C=O) groups is 1. The maximum absolute atomic E-state index is 13.8. The fourth-order valence-electron chi connectivity index (χ4n) is 3.11. The number of carbonyl (C=O) groups excluding carboxylic acids is 1. The van der Waals surface area contributed by atoms with Crippen molar-refractivity contribution in [3.63, 3.8) is 0 Å². The lowest BCUT2D eigenvalue weighted by Crippen LogP contribution is -2.13. The largest absolute Gasteiger partial charge is 0.465 e. The number of nitrogens with zero attached hydrogens (tertiary/aromatic N) is 3. The van der Waals surface area contributed by atoms with Crippen LogP contribution in [0.1, 0.15) is 25.1 Å². The zero-order valence-electron chi connectivity index (χ0n) is 16.9. The molecule has 3 rings (SSSR count). The molecule has 3 aromatic rings. The van der Waals surface area contributed by atoms with Crippen molar-refractivity contribution in [1.29, 1.82) is 0 Å². The zero-order valence-corrected chi connectivity index (χ0v) is 19.1. The summed E-state index contributed by atoms with van der Waals surface area (Å²) in [4.78, 5) is 11.8. The molecule has 0 saturated carbocycles. The molecule has 1 heterocycles. The Morgan fingerprint density at radius 3 is 2.63 bits per heavy atom. The number of aryl methyl sites for hydroxylation is 1. The highest BCUT2D eigenvalue weighted by Gasteiger charge is 2.25. The molecular weight excluding hydrogens is 503 g/mol. The lowest BCUT2D eigenvalue weighted by Gasteiger charge is -2.21. The zero-order chi connectivity index (χ0) is 21.9. The van der Waals surface area contributed by atoms with Gasteiger partial charge in [0.05, 0.1) is 46.5 Å². The summed E-state index contributed by atoms with van der Waals surface area (Å²) in [6.07, 6.45) is 1.80. The van der Waals surface area contributed by atoms with Crippen LogP contribution < -0.4 is 3.11 Å². The SMILES string of the molecule is CCOC(=O)Cn1cc(-c2ccccc2N(I)c2cccc(C(C)(F)F)c2)c(C)n1. The minimum absolute atomic E-state index is 0.0262. The standard InChI is InChI=1S/C22H22F2IN3O2/c1-4-30-21(29)14-27-13-19(15(2)26-27)18-10-5-6-11-20(18)28(25)17-9-7-8-16(12-17)22(3,23)24/h5-13H,4,14H2,1-3H3. The molecule has 5 nitrogen and oxygen atoms in total. The molecule has 0 amide bonds. The molecule has 0 aliphatic rings. The molecule has 0 aliphatic carbocycles. The summed E-state index contributed by atoms with van der Waals surface area (Å²) in [6, 6.07) is 14.0. The third kappa shape index (κ3) is 4.97. The van der Waals surface area contributed by atoms with Gasteiger partial charge in [0.2, 0.25) is 0 Å². The van der Waals surface area contributed by atoms with Crippen LogP contribution >= 0.6 is 22.9 Å². The topological polar surface area (TPSA) is 47.4 Å². The van der Waals surface area contributed by atoms with Gasteiger partial charge in [-0.05, 0) is 32.0 Å². The van der Waals surface area contributed by atoms with Crippen LogP contribution in [0.2, 0.25) is 0 Å². The third-order valence-corrected chi connectivity index (χ3v) is 5.61. The number of hydrogen-bond donors (Lipinski definition) is 0. The molecule has 1 aromatic heterocycles. The van der Waals surface area contributed by atoms with Gasteiger partial charge in [-0.3, -0.25) is 12.6 Å². The monoisotopic (exact) mass is 525 g/mol. The second-order valence-electron chi connectivity index (χ2n) is 6.87. The highest BCUT2D eigenvalue weighted by atomic mass is 127. The maximum Gasteiger partial charge on any atom is 0.327 e. The smallest absolute Gasteiger partial charge is 0.327 e. The highest BCUT2D eigenvalue weighted by molar-refractivity contribution is 14.1. The number of halogens is 3. The first-order valence-electron chi connectivity index (χ1n) is 9.44. The number of alkyl halides is 2. The van der Waals surface area contributed by atoms with Gasteiger partial charge >= 0.3 is 5.97 Å². The van der Waals surface area contributed by atoms with Gasteiger partial charge in [0.25, 0.3) is 5.92 Å². The summed E-state index contributed by atoms with van der Waals surface area (Å²) in [5.41, 5.74) is 3.91. The van der Waals surface area contributed by atoms with Crippen molar-refractivity contribution in [3.8, 4) is 11.1 Å². The van der Waals surface area contributed by atoms with E-state index >= 15 is 0 Å². The van der Waals surface area contributed by atoms with Crippen LogP contribution in [0.4, 0.5) is 20.2 Å². The van der Waals surface area contributed by atoms with E-state index in [4.69, 9.17) is 4.74 Å². The summed E-state index contributed by atoms with van der Waals surface area (Å²) in [5.74, 6) is -3.27. The van der Waals surface area contributed by atoms with Gasteiger partial charge in [0.1, 0.15) is 6.54 Å². The van der Waals surface area contributed by atoms with Crippen LogP contribution in [0.5, 0.6) is 0 Å².